The van der Waals surface area contributed by atoms with Crippen LogP contribution in [0, 0.1) is 17.8 Å². The Kier molecular flexibility index (Phi) is 4.28. The summed E-state index contributed by atoms with van der Waals surface area (Å²) in [4.78, 5) is 23.8. The van der Waals surface area contributed by atoms with Crippen molar-refractivity contribution in [3.8, 4) is 0 Å². The first-order valence-electron chi connectivity index (χ1n) is 8.22. The average molecular weight is 352 g/mol. The Morgan fingerprint density at radius 2 is 1.92 bits per heavy atom. The highest BCUT2D eigenvalue weighted by molar-refractivity contribution is 5.74. The molecule has 0 radical (unpaired) electrons. The van der Waals surface area contributed by atoms with Gasteiger partial charge in [-0.05, 0) is 31.6 Å². The Hall–Kier alpha value is -1.34. The van der Waals surface area contributed by atoms with Crippen LogP contribution >= 0.6 is 0 Å². The zero-order chi connectivity index (χ0) is 17.7. The number of alkyl halides is 4. The predicted molar refractivity (Wildman–Crippen MR) is 73.5 cm³/mol. The second-order valence-corrected chi connectivity index (χ2v) is 7.29. The van der Waals surface area contributed by atoms with E-state index in [4.69, 9.17) is 9.47 Å². The van der Waals surface area contributed by atoms with E-state index in [2.05, 4.69) is 0 Å². The van der Waals surface area contributed by atoms with Crippen LogP contribution in [0.3, 0.4) is 0 Å². The minimum Gasteiger partial charge on any atom is -0.458 e. The molecular weight excluding hydrogens is 332 g/mol. The molecule has 5 unspecified atom stereocenters. The van der Waals surface area contributed by atoms with E-state index in [1.165, 1.54) is 0 Å². The molecule has 0 aromatic rings. The van der Waals surface area contributed by atoms with Crippen molar-refractivity contribution in [1.29, 1.82) is 0 Å². The van der Waals surface area contributed by atoms with Gasteiger partial charge < -0.3 is 9.47 Å². The largest absolute Gasteiger partial charge is 0.458 e. The van der Waals surface area contributed by atoms with Gasteiger partial charge in [-0.25, -0.2) is 8.78 Å². The van der Waals surface area contributed by atoms with Crippen LogP contribution in [0.2, 0.25) is 0 Å². The van der Waals surface area contributed by atoms with E-state index in [0.717, 1.165) is 12.8 Å². The Bertz CT molecular complexity index is 531. The summed E-state index contributed by atoms with van der Waals surface area (Å²) in [5.41, 5.74) is 0. The molecule has 4 rings (SSSR count). The van der Waals surface area contributed by atoms with E-state index in [1.54, 1.807) is 0 Å². The minimum atomic E-state index is -4.26. The molecule has 4 aliphatic rings. The number of esters is 2. The normalized spacial score (nSPS) is 35.5. The van der Waals surface area contributed by atoms with Gasteiger partial charge in [0.25, 0.3) is 0 Å². The second kappa shape index (κ2) is 5.88. The van der Waals surface area contributed by atoms with E-state index < -0.39 is 42.9 Å². The maximum atomic E-state index is 13.2. The molecule has 2 heterocycles. The first kappa shape index (κ1) is 17.5. The Morgan fingerprint density at radius 3 is 2.58 bits per heavy atom. The fourth-order valence-electron chi connectivity index (χ4n) is 4.13. The number of hydrogen-bond donors (Lipinski definition) is 0. The lowest BCUT2D eigenvalue weighted by Gasteiger charge is -2.41. The summed E-state index contributed by atoms with van der Waals surface area (Å²) in [5.74, 6) is -9.57. The molecule has 2 aliphatic heterocycles. The van der Waals surface area contributed by atoms with Crippen molar-refractivity contribution in [2.45, 2.75) is 69.5 Å². The third kappa shape index (κ3) is 3.24. The van der Waals surface area contributed by atoms with Crippen molar-refractivity contribution in [3.63, 3.8) is 0 Å². The lowest BCUT2D eigenvalue weighted by atomic mass is 9.67. The fourth-order valence-corrected chi connectivity index (χ4v) is 4.13. The molecule has 0 aromatic heterocycles. The fraction of sp³-hybridized carbons (Fsp3) is 0.875. The molecule has 0 spiro atoms. The SMILES string of the molecule is CC(F)(F)C(F)(F)CCC(=O)OC1C2CC3CC(C2)C(=O)OC1C3. The number of rotatable bonds is 5. The van der Waals surface area contributed by atoms with E-state index >= 15 is 0 Å². The second-order valence-electron chi connectivity index (χ2n) is 7.29. The summed E-state index contributed by atoms with van der Waals surface area (Å²) in [7, 11) is 0. The molecule has 0 aromatic carbocycles. The zero-order valence-electron chi connectivity index (χ0n) is 13.3. The van der Waals surface area contributed by atoms with Crippen molar-refractivity contribution < 1.29 is 36.6 Å². The average Bonchev–Trinajstić information content (AvgIpc) is 2.62. The summed E-state index contributed by atoms with van der Waals surface area (Å²) in [6, 6.07) is 0. The van der Waals surface area contributed by atoms with Crippen LogP contribution < -0.4 is 0 Å². The highest BCUT2D eigenvalue weighted by atomic mass is 19.3. The summed E-state index contributed by atoms with van der Waals surface area (Å²) in [6.07, 6.45) is -0.526. The molecule has 0 N–H and O–H groups in total. The molecule has 5 atom stereocenters. The van der Waals surface area contributed by atoms with Crippen LogP contribution in [0.1, 0.15) is 45.4 Å². The molecule has 2 saturated carbocycles. The van der Waals surface area contributed by atoms with Gasteiger partial charge >= 0.3 is 23.8 Å². The molecule has 24 heavy (non-hydrogen) atoms. The maximum Gasteiger partial charge on any atom is 0.310 e. The smallest absolute Gasteiger partial charge is 0.310 e. The Balaban J connectivity index is 1.60. The third-order valence-electron chi connectivity index (χ3n) is 5.39. The molecular formula is C16H20F4O4. The molecule has 2 aliphatic carbocycles. The number of carbonyl (C=O) groups excluding carboxylic acids is 2. The molecule has 4 fully saturated rings. The van der Waals surface area contributed by atoms with Gasteiger partial charge in [0.15, 0.2) is 0 Å². The first-order chi connectivity index (χ1) is 11.1. The van der Waals surface area contributed by atoms with E-state index in [0.29, 0.717) is 18.8 Å². The summed E-state index contributed by atoms with van der Waals surface area (Å²) >= 11 is 0. The van der Waals surface area contributed by atoms with Crippen LogP contribution in [0.25, 0.3) is 0 Å². The molecule has 2 saturated heterocycles. The van der Waals surface area contributed by atoms with Gasteiger partial charge in [-0.1, -0.05) is 0 Å². The van der Waals surface area contributed by atoms with Crippen LogP contribution in [0.5, 0.6) is 0 Å². The number of ether oxygens (including phenoxy) is 2. The van der Waals surface area contributed by atoms with E-state index in [9.17, 15) is 27.2 Å². The van der Waals surface area contributed by atoms with Gasteiger partial charge in [-0.3, -0.25) is 9.59 Å². The number of halogens is 4. The van der Waals surface area contributed by atoms with Gasteiger partial charge in [-0.2, -0.15) is 8.78 Å². The first-order valence-corrected chi connectivity index (χ1v) is 8.22. The van der Waals surface area contributed by atoms with Crippen molar-refractivity contribution in [2.24, 2.45) is 17.8 Å². The molecule has 0 amide bonds. The quantitative estimate of drug-likeness (QED) is 0.563. The van der Waals surface area contributed by atoms with Gasteiger partial charge in [0.1, 0.15) is 12.2 Å². The summed E-state index contributed by atoms with van der Waals surface area (Å²) in [6.45, 7) is 0.125. The van der Waals surface area contributed by atoms with E-state index in [1.807, 2.05) is 0 Å². The number of carbonyl (C=O) groups is 2. The van der Waals surface area contributed by atoms with Crippen LogP contribution in [0.15, 0.2) is 0 Å². The lowest BCUT2D eigenvalue weighted by molar-refractivity contribution is -0.205. The zero-order valence-corrected chi connectivity index (χ0v) is 13.3. The molecule has 8 heteroatoms. The molecule has 136 valence electrons. The van der Waals surface area contributed by atoms with Crippen molar-refractivity contribution >= 4 is 11.9 Å². The minimum absolute atomic E-state index is 0.0315. The number of hydrogen-bond acceptors (Lipinski definition) is 4. The highest BCUT2D eigenvalue weighted by Crippen LogP contribution is 2.48. The monoisotopic (exact) mass is 352 g/mol. The van der Waals surface area contributed by atoms with Crippen molar-refractivity contribution in [3.05, 3.63) is 0 Å². The van der Waals surface area contributed by atoms with Gasteiger partial charge in [-0.15, -0.1) is 0 Å². The summed E-state index contributed by atoms with van der Waals surface area (Å²) in [5, 5.41) is 0. The van der Waals surface area contributed by atoms with Crippen molar-refractivity contribution in [2.75, 3.05) is 0 Å². The lowest BCUT2D eigenvalue weighted by Crippen LogP contribution is -2.45. The highest BCUT2D eigenvalue weighted by Gasteiger charge is 2.53. The Morgan fingerprint density at radius 1 is 1.21 bits per heavy atom. The third-order valence-corrected chi connectivity index (χ3v) is 5.39. The van der Waals surface area contributed by atoms with Gasteiger partial charge in [0, 0.05) is 19.3 Å². The maximum absolute atomic E-state index is 13.2. The number of fused-ring (bicyclic) bond motifs is 1. The van der Waals surface area contributed by atoms with Crippen LogP contribution in [-0.2, 0) is 19.1 Å². The molecule has 4 bridgehead atoms. The van der Waals surface area contributed by atoms with Gasteiger partial charge in [0.05, 0.1) is 12.3 Å². The predicted octanol–water partition coefficient (Wildman–Crippen LogP) is 3.33. The van der Waals surface area contributed by atoms with Crippen molar-refractivity contribution in [1.82, 2.24) is 0 Å². The standard InChI is InChI=1S/C16H20F4O4/c1-15(17,18)16(19,20)3-2-12(21)24-13-9-4-8-5-10(7-9)14(22)23-11(13)6-8/h8-11,13H,2-7H2,1H3. The van der Waals surface area contributed by atoms with Gasteiger partial charge in [0.2, 0.25) is 0 Å². The van der Waals surface area contributed by atoms with Crippen LogP contribution in [0.4, 0.5) is 17.6 Å². The summed E-state index contributed by atoms with van der Waals surface area (Å²) < 4.78 is 62.7. The Labute approximate surface area is 136 Å². The van der Waals surface area contributed by atoms with Crippen LogP contribution in [-0.4, -0.2) is 36.0 Å². The molecule has 4 nitrogen and oxygen atoms in total. The van der Waals surface area contributed by atoms with E-state index in [-0.39, 0.29) is 24.7 Å². The topological polar surface area (TPSA) is 52.6 Å².